The van der Waals surface area contributed by atoms with Crippen LogP contribution in [0, 0.1) is 18.3 Å². The number of rotatable bonds is 4. The highest BCUT2D eigenvalue weighted by molar-refractivity contribution is 5.35. The molecule has 0 saturated heterocycles. The van der Waals surface area contributed by atoms with E-state index in [9.17, 15) is 0 Å². The van der Waals surface area contributed by atoms with E-state index < -0.39 is 0 Å². The number of aryl methyl sites for hydroxylation is 1. The molecule has 0 radical (unpaired) electrons. The highest BCUT2D eigenvalue weighted by Gasteiger charge is 2.24. The molecule has 1 unspecified atom stereocenters. The van der Waals surface area contributed by atoms with E-state index in [1.165, 1.54) is 12.0 Å². The summed E-state index contributed by atoms with van der Waals surface area (Å²) in [7, 11) is 0. The van der Waals surface area contributed by atoms with E-state index in [0.29, 0.717) is 5.69 Å². The summed E-state index contributed by atoms with van der Waals surface area (Å²) in [6.45, 7) is 8.65. The lowest BCUT2D eigenvalue weighted by molar-refractivity contribution is 0.412. The van der Waals surface area contributed by atoms with Crippen molar-refractivity contribution in [1.82, 2.24) is 4.98 Å². The molecule has 0 fully saturated rings. The molecule has 1 atom stereocenters. The number of nitrogens with zero attached hydrogens (tertiary/aromatic N) is 2. The van der Waals surface area contributed by atoms with Gasteiger partial charge >= 0.3 is 0 Å². The molecule has 0 aliphatic carbocycles. The van der Waals surface area contributed by atoms with Crippen LogP contribution in [0.25, 0.3) is 0 Å². The van der Waals surface area contributed by atoms with Gasteiger partial charge in [0.15, 0.2) is 0 Å². The Balaban J connectivity index is 3.13. The first kappa shape index (κ1) is 12.7. The van der Waals surface area contributed by atoms with Gasteiger partial charge in [-0.25, -0.2) is 4.98 Å². The SMILES string of the molecule is CCCC(C)(CC)c1cnc(C#N)c(C)c1. The predicted octanol–water partition coefficient (Wildman–Crippen LogP) is 3.73. The minimum absolute atomic E-state index is 0.195. The zero-order valence-corrected chi connectivity index (χ0v) is 10.7. The first-order valence-corrected chi connectivity index (χ1v) is 5.94. The van der Waals surface area contributed by atoms with Crippen LogP contribution in [0.2, 0.25) is 0 Å². The molecule has 0 saturated carbocycles. The molecule has 0 aliphatic rings. The average molecular weight is 216 g/mol. The van der Waals surface area contributed by atoms with Gasteiger partial charge in [0.05, 0.1) is 0 Å². The van der Waals surface area contributed by atoms with E-state index in [0.717, 1.165) is 18.4 Å². The molecular weight excluding hydrogens is 196 g/mol. The molecule has 0 N–H and O–H groups in total. The number of hydrogen-bond donors (Lipinski definition) is 0. The molecule has 0 aliphatic heterocycles. The Bertz CT molecular complexity index is 404. The van der Waals surface area contributed by atoms with E-state index in [1.807, 2.05) is 13.1 Å². The zero-order valence-electron chi connectivity index (χ0n) is 10.7. The van der Waals surface area contributed by atoms with E-state index in [2.05, 4.69) is 37.9 Å². The summed E-state index contributed by atoms with van der Waals surface area (Å²) in [6.07, 6.45) is 5.30. The van der Waals surface area contributed by atoms with Gasteiger partial charge in [-0.2, -0.15) is 5.26 Å². The molecule has 2 heteroatoms. The van der Waals surface area contributed by atoms with Crippen molar-refractivity contribution in [3.05, 3.63) is 29.1 Å². The van der Waals surface area contributed by atoms with Crippen molar-refractivity contribution < 1.29 is 0 Å². The Morgan fingerprint density at radius 1 is 1.44 bits per heavy atom. The van der Waals surface area contributed by atoms with Crippen molar-refractivity contribution >= 4 is 0 Å². The predicted molar refractivity (Wildman–Crippen MR) is 66.2 cm³/mol. The first-order chi connectivity index (χ1) is 7.57. The third kappa shape index (κ3) is 2.41. The molecule has 86 valence electrons. The number of nitriles is 1. The largest absolute Gasteiger partial charge is 0.245 e. The Morgan fingerprint density at radius 2 is 2.12 bits per heavy atom. The smallest absolute Gasteiger partial charge is 0.143 e. The van der Waals surface area contributed by atoms with E-state index in [-0.39, 0.29) is 5.41 Å². The Kier molecular flexibility index (Phi) is 4.06. The van der Waals surface area contributed by atoms with Crippen molar-refractivity contribution in [3.8, 4) is 6.07 Å². The average Bonchev–Trinajstić information content (AvgIpc) is 2.29. The Hall–Kier alpha value is -1.36. The van der Waals surface area contributed by atoms with Crippen LogP contribution in [0.4, 0.5) is 0 Å². The van der Waals surface area contributed by atoms with Crippen LogP contribution in [0.15, 0.2) is 12.3 Å². The molecule has 1 aromatic heterocycles. The van der Waals surface area contributed by atoms with Crippen LogP contribution in [-0.2, 0) is 5.41 Å². The summed E-state index contributed by atoms with van der Waals surface area (Å²) in [5, 5.41) is 8.86. The quantitative estimate of drug-likeness (QED) is 0.769. The van der Waals surface area contributed by atoms with Crippen LogP contribution < -0.4 is 0 Å². The van der Waals surface area contributed by atoms with Crippen LogP contribution in [0.5, 0.6) is 0 Å². The molecular formula is C14H20N2. The lowest BCUT2D eigenvalue weighted by Gasteiger charge is -2.28. The van der Waals surface area contributed by atoms with E-state index >= 15 is 0 Å². The van der Waals surface area contributed by atoms with E-state index in [1.54, 1.807) is 0 Å². The van der Waals surface area contributed by atoms with Gasteiger partial charge in [0.1, 0.15) is 11.8 Å². The second-order valence-electron chi connectivity index (χ2n) is 4.67. The normalized spacial score (nSPS) is 14.2. The molecule has 2 nitrogen and oxygen atoms in total. The molecule has 0 spiro atoms. The summed E-state index contributed by atoms with van der Waals surface area (Å²) >= 11 is 0. The van der Waals surface area contributed by atoms with Crippen LogP contribution >= 0.6 is 0 Å². The summed E-state index contributed by atoms with van der Waals surface area (Å²) in [4.78, 5) is 4.23. The summed E-state index contributed by atoms with van der Waals surface area (Å²) in [6, 6.07) is 4.23. The minimum atomic E-state index is 0.195. The lowest BCUT2D eigenvalue weighted by Crippen LogP contribution is -2.21. The maximum Gasteiger partial charge on any atom is 0.143 e. The van der Waals surface area contributed by atoms with Gasteiger partial charge in [0.25, 0.3) is 0 Å². The summed E-state index contributed by atoms with van der Waals surface area (Å²) in [5.41, 5.74) is 2.98. The van der Waals surface area contributed by atoms with Gasteiger partial charge in [0, 0.05) is 6.20 Å². The maximum absolute atomic E-state index is 8.86. The van der Waals surface area contributed by atoms with Gasteiger partial charge in [-0.05, 0) is 36.3 Å². The molecule has 1 heterocycles. The Labute approximate surface area is 98.3 Å². The fourth-order valence-corrected chi connectivity index (χ4v) is 2.10. The second-order valence-corrected chi connectivity index (χ2v) is 4.67. The second kappa shape index (κ2) is 5.12. The van der Waals surface area contributed by atoms with E-state index in [4.69, 9.17) is 5.26 Å². The van der Waals surface area contributed by atoms with Crippen LogP contribution in [0.1, 0.15) is 56.9 Å². The summed E-state index contributed by atoms with van der Waals surface area (Å²) < 4.78 is 0. The van der Waals surface area contributed by atoms with Gasteiger partial charge in [-0.1, -0.05) is 33.3 Å². The molecule has 16 heavy (non-hydrogen) atoms. The number of aromatic nitrogens is 1. The lowest BCUT2D eigenvalue weighted by atomic mass is 9.77. The fourth-order valence-electron chi connectivity index (χ4n) is 2.10. The van der Waals surface area contributed by atoms with Gasteiger partial charge in [0.2, 0.25) is 0 Å². The monoisotopic (exact) mass is 216 g/mol. The van der Waals surface area contributed by atoms with Gasteiger partial charge in [-0.15, -0.1) is 0 Å². The van der Waals surface area contributed by atoms with Crippen molar-refractivity contribution in [2.75, 3.05) is 0 Å². The summed E-state index contributed by atoms with van der Waals surface area (Å²) in [5.74, 6) is 0. The molecule has 0 aromatic carbocycles. The first-order valence-electron chi connectivity index (χ1n) is 5.94. The Morgan fingerprint density at radius 3 is 2.56 bits per heavy atom. The zero-order chi connectivity index (χ0) is 12.2. The van der Waals surface area contributed by atoms with Crippen LogP contribution in [-0.4, -0.2) is 4.98 Å². The minimum Gasteiger partial charge on any atom is -0.245 e. The third-order valence-electron chi connectivity index (χ3n) is 3.46. The highest BCUT2D eigenvalue weighted by Crippen LogP contribution is 2.32. The number of pyridine rings is 1. The van der Waals surface area contributed by atoms with Gasteiger partial charge in [-0.3, -0.25) is 0 Å². The van der Waals surface area contributed by atoms with Crippen molar-refractivity contribution in [2.45, 2.75) is 52.4 Å². The fraction of sp³-hybridized carbons (Fsp3) is 0.571. The highest BCUT2D eigenvalue weighted by atomic mass is 14.7. The molecule has 0 bridgehead atoms. The van der Waals surface area contributed by atoms with Crippen molar-refractivity contribution in [1.29, 1.82) is 5.26 Å². The molecule has 0 amide bonds. The standard InChI is InChI=1S/C14H20N2/c1-5-7-14(4,6-2)12-8-11(3)13(9-15)16-10-12/h8,10H,5-7H2,1-4H3. The molecule has 1 rings (SSSR count). The third-order valence-corrected chi connectivity index (χ3v) is 3.46. The molecule has 1 aromatic rings. The van der Waals surface area contributed by atoms with Gasteiger partial charge < -0.3 is 0 Å². The van der Waals surface area contributed by atoms with Crippen LogP contribution in [0.3, 0.4) is 0 Å². The van der Waals surface area contributed by atoms with Crippen molar-refractivity contribution in [2.24, 2.45) is 0 Å². The van der Waals surface area contributed by atoms with Crippen molar-refractivity contribution in [3.63, 3.8) is 0 Å². The number of hydrogen-bond acceptors (Lipinski definition) is 2. The maximum atomic E-state index is 8.86. The topological polar surface area (TPSA) is 36.7 Å².